The summed E-state index contributed by atoms with van der Waals surface area (Å²) in [7, 11) is 0. The van der Waals surface area contributed by atoms with E-state index in [9.17, 15) is 44.3 Å². The molecule has 2 saturated heterocycles. The number of carbonyl (C=O) groups excluding carboxylic acids is 4. The van der Waals surface area contributed by atoms with Crippen molar-refractivity contribution in [2.75, 3.05) is 11.9 Å². The zero-order valence-corrected chi connectivity index (χ0v) is 24.3. The predicted molar refractivity (Wildman–Crippen MR) is 155 cm³/mol. The summed E-state index contributed by atoms with van der Waals surface area (Å²) in [6, 6.07) is 9.22. The number of nitrogens with one attached hydrogen (secondary N) is 2. The number of fused-ring (bicyclic) bond motifs is 1. The van der Waals surface area contributed by atoms with Crippen LogP contribution < -0.4 is 10.6 Å². The highest BCUT2D eigenvalue weighted by atomic mass is 32.2. The van der Waals surface area contributed by atoms with Crippen molar-refractivity contribution < 1.29 is 43.8 Å². The first-order valence-electron chi connectivity index (χ1n) is 13.7. The quantitative estimate of drug-likeness (QED) is 0.104. The van der Waals surface area contributed by atoms with Crippen molar-refractivity contribution in [1.82, 2.24) is 10.2 Å². The number of nitrogens with zero attached hydrogens (tertiary/aromatic N) is 2. The van der Waals surface area contributed by atoms with Gasteiger partial charge in [-0.1, -0.05) is 13.0 Å². The van der Waals surface area contributed by atoms with E-state index in [2.05, 4.69) is 10.6 Å². The minimum atomic E-state index is -1.12. The molecule has 0 aliphatic carbocycles. The Balaban J connectivity index is 1.32. The first-order valence-corrected chi connectivity index (χ1v) is 14.6. The number of β-lactam (4-membered cyclic amide) rings is 1. The molecule has 0 saturated carbocycles. The van der Waals surface area contributed by atoms with Gasteiger partial charge in [-0.3, -0.25) is 19.7 Å². The molecule has 15 heteroatoms. The first kappa shape index (κ1) is 30.8. The van der Waals surface area contributed by atoms with Gasteiger partial charge in [0.25, 0.3) is 5.69 Å². The van der Waals surface area contributed by atoms with Crippen LogP contribution in [0.5, 0.6) is 0 Å². The van der Waals surface area contributed by atoms with Crippen LogP contribution in [0.2, 0.25) is 0 Å². The Morgan fingerprint density at radius 1 is 1.14 bits per heavy atom. The molecule has 44 heavy (non-hydrogen) atoms. The van der Waals surface area contributed by atoms with Gasteiger partial charge in [0.1, 0.15) is 5.70 Å². The fraction of sp³-hybridized carbons (Fsp3) is 0.345. The number of nitro groups is 1. The second kappa shape index (κ2) is 12.2. The van der Waals surface area contributed by atoms with Crippen LogP contribution >= 0.6 is 11.8 Å². The van der Waals surface area contributed by atoms with Gasteiger partial charge in [0, 0.05) is 40.4 Å². The van der Waals surface area contributed by atoms with Crippen molar-refractivity contribution in [3.8, 4) is 0 Å². The van der Waals surface area contributed by atoms with E-state index in [1.807, 2.05) is 6.92 Å². The number of aliphatic hydroxyl groups excluding tert-OH is 1. The summed E-state index contributed by atoms with van der Waals surface area (Å²) in [5, 5.41) is 36.0. The number of benzene rings is 2. The van der Waals surface area contributed by atoms with Crippen molar-refractivity contribution in [3.63, 3.8) is 0 Å². The molecule has 0 radical (unpaired) electrons. The lowest BCUT2D eigenvalue weighted by Crippen LogP contribution is -2.63. The van der Waals surface area contributed by atoms with Gasteiger partial charge in [-0.15, -0.1) is 11.8 Å². The molecule has 5 unspecified atom stereocenters. The molecular formula is C29H28N4O10S. The number of aromatic carboxylic acids is 1. The van der Waals surface area contributed by atoms with Gasteiger partial charge in [-0.25, -0.2) is 14.4 Å². The lowest BCUT2D eigenvalue weighted by atomic mass is 9.79. The SMILES string of the molecule is CC(O)C1C(=O)N2C(C(=O)OC(=O)c3ccc([N+](=O)[O-])cc3)=C(SC3CN[C@@H](C(=O)Nc4cccc(C(=O)O)c4)C3)C(C)C12. The maximum Gasteiger partial charge on any atom is 0.363 e. The number of amides is 2. The van der Waals surface area contributed by atoms with Gasteiger partial charge >= 0.3 is 17.9 Å². The number of carbonyl (C=O) groups is 5. The molecule has 4 N–H and O–H groups in total. The summed E-state index contributed by atoms with van der Waals surface area (Å²) in [5.74, 6) is -5.23. The highest BCUT2D eigenvalue weighted by molar-refractivity contribution is 8.03. The van der Waals surface area contributed by atoms with Gasteiger partial charge in [0.15, 0.2) is 0 Å². The van der Waals surface area contributed by atoms with Crippen molar-refractivity contribution in [1.29, 1.82) is 0 Å². The summed E-state index contributed by atoms with van der Waals surface area (Å²) in [6.45, 7) is 3.67. The number of carboxylic acids is 1. The van der Waals surface area contributed by atoms with Crippen LogP contribution in [0.15, 0.2) is 59.1 Å². The predicted octanol–water partition coefficient (Wildman–Crippen LogP) is 2.15. The largest absolute Gasteiger partial charge is 0.478 e. The lowest BCUT2D eigenvalue weighted by Gasteiger charge is -2.46. The van der Waals surface area contributed by atoms with Gasteiger partial charge in [-0.05, 0) is 43.7 Å². The van der Waals surface area contributed by atoms with Crippen molar-refractivity contribution in [2.45, 2.75) is 43.7 Å². The van der Waals surface area contributed by atoms with Crippen LogP contribution in [0.1, 0.15) is 41.0 Å². The lowest BCUT2D eigenvalue weighted by molar-refractivity contribution is -0.384. The standard InChI is InChI=1S/C29H28N4O10S/c1-13-22-21(14(2)34)26(36)32(22)23(29(40)43-28(39)15-6-8-18(9-7-15)33(41)42)24(13)44-19-11-20(30-12-19)25(35)31-17-5-3-4-16(10-17)27(37)38/h3-10,13-14,19-22,30,34H,11-12H2,1-2H3,(H,31,35)(H,37,38)/t13?,14?,19?,20-,21?,22?/m1/s1. The second-order valence-electron chi connectivity index (χ2n) is 10.8. The summed E-state index contributed by atoms with van der Waals surface area (Å²) in [4.78, 5) is 75.4. The average Bonchev–Trinajstić information content (AvgIpc) is 3.54. The van der Waals surface area contributed by atoms with Crippen LogP contribution in [0.25, 0.3) is 0 Å². The van der Waals surface area contributed by atoms with E-state index in [0.717, 1.165) is 24.3 Å². The van der Waals surface area contributed by atoms with Crippen LogP contribution in [0, 0.1) is 22.0 Å². The average molecular weight is 625 g/mol. The Labute approximate surface area is 254 Å². The molecule has 230 valence electrons. The summed E-state index contributed by atoms with van der Waals surface area (Å²) in [5.41, 5.74) is -0.0967. The second-order valence-corrected chi connectivity index (χ2v) is 12.1. The van der Waals surface area contributed by atoms with E-state index >= 15 is 0 Å². The molecule has 3 aliphatic heterocycles. The molecule has 0 spiro atoms. The number of rotatable bonds is 9. The molecule has 2 fully saturated rings. The number of non-ortho nitro benzene ring substituents is 1. The topological polar surface area (TPSA) is 205 Å². The highest BCUT2D eigenvalue weighted by Crippen LogP contribution is 2.52. The van der Waals surface area contributed by atoms with Crippen LogP contribution in [-0.4, -0.2) is 79.7 Å². The molecule has 2 aromatic rings. The summed E-state index contributed by atoms with van der Waals surface area (Å²) in [6.07, 6.45) is -0.635. The highest BCUT2D eigenvalue weighted by Gasteiger charge is 2.60. The third kappa shape index (κ3) is 5.80. The zero-order valence-electron chi connectivity index (χ0n) is 23.5. The minimum absolute atomic E-state index is 0.0268. The normalized spacial score (nSPS) is 24.8. The number of anilines is 1. The van der Waals surface area contributed by atoms with E-state index in [-0.39, 0.29) is 39.6 Å². The molecule has 0 aromatic heterocycles. The number of aliphatic hydroxyl groups is 1. The van der Waals surface area contributed by atoms with Gasteiger partial charge < -0.3 is 30.5 Å². The Bertz CT molecular complexity index is 1590. The molecule has 14 nitrogen and oxygen atoms in total. The van der Waals surface area contributed by atoms with E-state index in [1.165, 1.54) is 41.8 Å². The third-order valence-corrected chi connectivity index (χ3v) is 9.39. The van der Waals surface area contributed by atoms with Gasteiger partial charge in [-0.2, -0.15) is 0 Å². The maximum atomic E-state index is 13.4. The number of thioether (sulfide) groups is 1. The fourth-order valence-electron chi connectivity index (χ4n) is 5.71. The summed E-state index contributed by atoms with van der Waals surface area (Å²) < 4.78 is 5.12. The van der Waals surface area contributed by atoms with E-state index < -0.39 is 52.8 Å². The van der Waals surface area contributed by atoms with Gasteiger partial charge in [0.2, 0.25) is 11.8 Å². The minimum Gasteiger partial charge on any atom is -0.478 e. The number of esters is 2. The van der Waals surface area contributed by atoms with E-state index in [0.29, 0.717) is 23.6 Å². The van der Waals surface area contributed by atoms with Crippen molar-refractivity contribution in [3.05, 3.63) is 80.4 Å². The Morgan fingerprint density at radius 2 is 1.84 bits per heavy atom. The molecular weight excluding hydrogens is 596 g/mol. The number of nitro benzene ring substituents is 1. The van der Waals surface area contributed by atoms with Gasteiger partial charge in [0.05, 0.1) is 40.2 Å². The molecule has 6 atom stereocenters. The van der Waals surface area contributed by atoms with Crippen molar-refractivity contribution >= 4 is 52.9 Å². The Hall–Kier alpha value is -4.60. The smallest absolute Gasteiger partial charge is 0.363 e. The molecule has 5 rings (SSSR count). The van der Waals surface area contributed by atoms with Crippen LogP contribution in [0.3, 0.4) is 0 Å². The van der Waals surface area contributed by atoms with Crippen LogP contribution in [0.4, 0.5) is 11.4 Å². The maximum absolute atomic E-state index is 13.4. The number of carboxylic acid groups (broad SMARTS) is 1. The molecule has 3 heterocycles. The van der Waals surface area contributed by atoms with E-state index in [1.54, 1.807) is 6.07 Å². The zero-order chi connectivity index (χ0) is 31.9. The van der Waals surface area contributed by atoms with Crippen LogP contribution in [-0.2, 0) is 19.1 Å². The number of hydrogen-bond acceptors (Lipinski definition) is 11. The Kier molecular flexibility index (Phi) is 8.54. The Morgan fingerprint density at radius 3 is 2.48 bits per heavy atom. The van der Waals surface area contributed by atoms with Crippen molar-refractivity contribution in [2.24, 2.45) is 11.8 Å². The number of ether oxygens (including phenoxy) is 1. The first-order chi connectivity index (χ1) is 20.9. The molecule has 0 bridgehead atoms. The summed E-state index contributed by atoms with van der Waals surface area (Å²) >= 11 is 1.28. The fourth-order valence-corrected chi connectivity index (χ4v) is 7.19. The monoisotopic (exact) mass is 624 g/mol. The number of hydrogen-bond donors (Lipinski definition) is 4. The molecule has 3 aliphatic rings. The van der Waals surface area contributed by atoms with E-state index in [4.69, 9.17) is 4.74 Å². The molecule has 2 aromatic carbocycles. The third-order valence-electron chi connectivity index (χ3n) is 7.88. The molecule has 2 amide bonds.